The normalized spacial score (nSPS) is 18.4. The van der Waals surface area contributed by atoms with Crippen LogP contribution in [-0.2, 0) is 25.7 Å². The third-order valence-corrected chi connectivity index (χ3v) is 2.71. The predicted molar refractivity (Wildman–Crippen MR) is 63.4 cm³/mol. The maximum absolute atomic E-state index is 11.5. The fourth-order valence-corrected chi connectivity index (χ4v) is 1.69. The van der Waals surface area contributed by atoms with E-state index in [9.17, 15) is 9.59 Å². The predicted octanol–water partition coefficient (Wildman–Crippen LogP) is 0.982. The summed E-state index contributed by atoms with van der Waals surface area (Å²) in [7, 11) is 0. The maximum atomic E-state index is 11.5. The Balaban J connectivity index is 1.68. The van der Waals surface area contributed by atoms with E-state index >= 15 is 0 Å². The van der Waals surface area contributed by atoms with Crippen molar-refractivity contribution in [2.45, 2.75) is 25.5 Å². The van der Waals surface area contributed by atoms with E-state index < -0.39 is 0 Å². The topological polar surface area (TPSA) is 64.6 Å². The fraction of sp³-hybridized carbons (Fsp3) is 0.385. The summed E-state index contributed by atoms with van der Waals surface area (Å²) in [6.45, 7) is 0.491. The Labute approximate surface area is 105 Å². The zero-order chi connectivity index (χ0) is 12.8. The smallest absolute Gasteiger partial charge is 0.324 e. The van der Waals surface area contributed by atoms with Crippen molar-refractivity contribution in [3.8, 4) is 0 Å². The summed E-state index contributed by atoms with van der Waals surface area (Å²) >= 11 is 0. The maximum Gasteiger partial charge on any atom is 0.324 e. The second kappa shape index (κ2) is 6.16. The first-order valence-corrected chi connectivity index (χ1v) is 5.85. The van der Waals surface area contributed by atoms with Gasteiger partial charge in [-0.2, -0.15) is 0 Å². The fourth-order valence-electron chi connectivity index (χ4n) is 1.69. The van der Waals surface area contributed by atoms with Gasteiger partial charge in [-0.3, -0.25) is 14.9 Å². The molecule has 5 nitrogen and oxygen atoms in total. The van der Waals surface area contributed by atoms with Gasteiger partial charge in [0.2, 0.25) is 0 Å². The van der Waals surface area contributed by atoms with E-state index in [1.54, 1.807) is 0 Å². The van der Waals surface area contributed by atoms with Crippen molar-refractivity contribution >= 4 is 11.9 Å². The molecule has 0 radical (unpaired) electrons. The Morgan fingerprint density at radius 1 is 1.39 bits per heavy atom. The van der Waals surface area contributed by atoms with E-state index in [1.165, 1.54) is 0 Å². The summed E-state index contributed by atoms with van der Waals surface area (Å²) < 4.78 is 9.83. The summed E-state index contributed by atoms with van der Waals surface area (Å²) in [5, 5.41) is 2.86. The van der Waals surface area contributed by atoms with E-state index in [0.29, 0.717) is 6.42 Å². The Kier molecular flexibility index (Phi) is 4.30. The Morgan fingerprint density at radius 3 is 2.83 bits per heavy atom. The Bertz CT molecular complexity index is 418. The van der Waals surface area contributed by atoms with Crippen LogP contribution in [0.25, 0.3) is 0 Å². The van der Waals surface area contributed by atoms with Crippen LogP contribution in [0.15, 0.2) is 30.3 Å². The van der Waals surface area contributed by atoms with E-state index in [2.05, 4.69) is 5.32 Å². The molecule has 2 rings (SSSR count). The van der Waals surface area contributed by atoms with Gasteiger partial charge in [0.1, 0.15) is 19.4 Å². The lowest BCUT2D eigenvalue weighted by Gasteiger charge is -2.07. The molecule has 18 heavy (non-hydrogen) atoms. The molecule has 1 atom stereocenters. The number of hydrogen-bond donors (Lipinski definition) is 1. The van der Waals surface area contributed by atoms with Crippen LogP contribution in [0.4, 0.5) is 0 Å². The molecule has 1 saturated heterocycles. The van der Waals surface area contributed by atoms with Crippen LogP contribution in [-0.4, -0.2) is 24.7 Å². The second-order valence-corrected chi connectivity index (χ2v) is 4.05. The first-order chi connectivity index (χ1) is 8.75. The van der Waals surface area contributed by atoms with Crippen molar-refractivity contribution in [1.82, 2.24) is 5.32 Å². The van der Waals surface area contributed by atoms with Gasteiger partial charge in [0.05, 0.1) is 0 Å². The van der Waals surface area contributed by atoms with Gasteiger partial charge >= 0.3 is 11.9 Å². The van der Waals surface area contributed by atoms with Crippen molar-refractivity contribution in [2.75, 3.05) is 6.73 Å². The van der Waals surface area contributed by atoms with E-state index in [4.69, 9.17) is 9.47 Å². The number of benzene rings is 1. The monoisotopic (exact) mass is 249 g/mol. The van der Waals surface area contributed by atoms with Gasteiger partial charge in [-0.25, -0.2) is 0 Å². The highest BCUT2D eigenvalue weighted by atomic mass is 16.6. The highest BCUT2D eigenvalue weighted by Gasteiger charge is 2.26. The van der Waals surface area contributed by atoms with Crippen LogP contribution in [0.2, 0.25) is 0 Å². The molecule has 1 aromatic rings. The Morgan fingerprint density at radius 2 is 2.17 bits per heavy atom. The van der Waals surface area contributed by atoms with Crippen molar-refractivity contribution in [3.63, 3.8) is 0 Å². The third-order valence-electron chi connectivity index (χ3n) is 2.71. The molecule has 0 bridgehead atoms. The molecule has 1 aliphatic heterocycles. The molecule has 1 heterocycles. The van der Waals surface area contributed by atoms with Gasteiger partial charge in [-0.1, -0.05) is 30.3 Å². The molecule has 1 aromatic carbocycles. The molecule has 1 unspecified atom stereocenters. The van der Waals surface area contributed by atoms with Crippen molar-refractivity contribution < 1.29 is 19.1 Å². The first-order valence-electron chi connectivity index (χ1n) is 5.85. The molecular weight excluding hydrogens is 234 g/mol. The average Bonchev–Trinajstić information content (AvgIpc) is 2.81. The van der Waals surface area contributed by atoms with E-state index in [1.807, 2.05) is 30.3 Å². The number of carbonyl (C=O) groups is 2. The van der Waals surface area contributed by atoms with Gasteiger partial charge in [0, 0.05) is 6.42 Å². The minimum Gasteiger partial charge on any atom is -0.461 e. The van der Waals surface area contributed by atoms with Crippen LogP contribution < -0.4 is 5.32 Å². The number of nitrogens with one attached hydrogen (secondary N) is 1. The minimum atomic E-state index is -0.380. The number of rotatable bonds is 5. The molecule has 0 amide bonds. The van der Waals surface area contributed by atoms with Crippen LogP contribution in [0.3, 0.4) is 0 Å². The van der Waals surface area contributed by atoms with Crippen LogP contribution in [0.1, 0.15) is 18.4 Å². The number of hydrogen-bond acceptors (Lipinski definition) is 5. The van der Waals surface area contributed by atoms with Crippen molar-refractivity contribution in [2.24, 2.45) is 0 Å². The molecule has 96 valence electrons. The molecule has 1 N–H and O–H groups in total. The van der Waals surface area contributed by atoms with Gasteiger partial charge in [0.15, 0.2) is 0 Å². The van der Waals surface area contributed by atoms with Crippen molar-refractivity contribution in [1.29, 1.82) is 0 Å². The van der Waals surface area contributed by atoms with Gasteiger partial charge in [-0.15, -0.1) is 0 Å². The standard InChI is InChI=1S/C13H15NO4/c15-12(7-6-11-13(16)18-9-14-11)17-8-10-4-2-1-3-5-10/h1-5,11,14H,6-9H2. The molecule has 0 saturated carbocycles. The molecule has 0 aliphatic carbocycles. The molecular formula is C13H15NO4. The van der Waals surface area contributed by atoms with Gasteiger partial charge in [-0.05, 0) is 12.0 Å². The lowest BCUT2D eigenvalue weighted by atomic mass is 10.2. The number of cyclic esters (lactones) is 1. The lowest BCUT2D eigenvalue weighted by molar-refractivity contribution is -0.145. The van der Waals surface area contributed by atoms with E-state index in [-0.39, 0.29) is 37.7 Å². The highest BCUT2D eigenvalue weighted by molar-refractivity contribution is 5.78. The quantitative estimate of drug-likeness (QED) is 0.788. The molecule has 1 fully saturated rings. The minimum absolute atomic E-state index is 0.208. The SMILES string of the molecule is O=C(CCC1NCOC1=O)OCc1ccccc1. The van der Waals surface area contributed by atoms with Crippen molar-refractivity contribution in [3.05, 3.63) is 35.9 Å². The van der Waals surface area contributed by atoms with Crippen LogP contribution in [0.5, 0.6) is 0 Å². The number of ether oxygens (including phenoxy) is 2. The third kappa shape index (κ3) is 3.56. The summed E-state index contributed by atoms with van der Waals surface area (Å²) in [5.41, 5.74) is 0.948. The second-order valence-electron chi connectivity index (χ2n) is 4.05. The van der Waals surface area contributed by atoms with Gasteiger partial charge < -0.3 is 9.47 Å². The van der Waals surface area contributed by atoms with Crippen LogP contribution >= 0.6 is 0 Å². The van der Waals surface area contributed by atoms with Crippen LogP contribution in [0, 0.1) is 0 Å². The summed E-state index contributed by atoms with van der Waals surface area (Å²) in [6.07, 6.45) is 0.617. The average molecular weight is 249 g/mol. The summed E-state index contributed by atoms with van der Waals surface area (Å²) in [4.78, 5) is 22.6. The van der Waals surface area contributed by atoms with E-state index in [0.717, 1.165) is 5.56 Å². The molecule has 1 aliphatic rings. The zero-order valence-electron chi connectivity index (χ0n) is 9.93. The Hall–Kier alpha value is -1.88. The number of esters is 2. The van der Waals surface area contributed by atoms with Gasteiger partial charge in [0.25, 0.3) is 0 Å². The summed E-state index contributed by atoms with van der Waals surface area (Å²) in [5.74, 6) is -0.605. The number of carbonyl (C=O) groups excluding carboxylic acids is 2. The molecule has 0 aromatic heterocycles. The molecule has 0 spiro atoms. The largest absolute Gasteiger partial charge is 0.461 e. The highest BCUT2D eigenvalue weighted by Crippen LogP contribution is 2.07. The zero-order valence-corrected chi connectivity index (χ0v) is 9.93. The molecule has 5 heteroatoms. The first kappa shape index (κ1) is 12.6. The lowest BCUT2D eigenvalue weighted by Crippen LogP contribution is -2.27. The summed E-state index contributed by atoms with van der Waals surface area (Å²) in [6, 6.07) is 9.09.